The summed E-state index contributed by atoms with van der Waals surface area (Å²) in [5.74, 6) is 0.324. The molecule has 2 rings (SSSR count). The molecule has 0 aromatic carbocycles. The number of anilines is 1. The minimum atomic E-state index is -0.467. The van der Waals surface area contributed by atoms with Gasteiger partial charge in [-0.15, -0.1) is 0 Å². The number of esters is 1. The van der Waals surface area contributed by atoms with E-state index in [0.717, 1.165) is 18.8 Å². The molecule has 94 valence electrons. The average molecular weight is 237 g/mol. The van der Waals surface area contributed by atoms with Crippen LogP contribution in [0.1, 0.15) is 49.1 Å². The fraction of sp³-hybridized carbons (Fsp3) is 0.667. The Bertz CT molecular complexity index is 406. The number of carbonyl (C=O) groups excluding carboxylic acids is 1. The van der Waals surface area contributed by atoms with Crippen molar-refractivity contribution in [2.24, 2.45) is 5.92 Å². The largest absolute Gasteiger partial charge is 0.464 e. The van der Waals surface area contributed by atoms with Gasteiger partial charge in [0.2, 0.25) is 0 Å². The SMILES string of the molecule is COC(=O)c1nn(C2CCC(C)CC2)cc1N. The normalized spacial score (nSPS) is 24.6. The molecule has 5 nitrogen and oxygen atoms in total. The van der Waals surface area contributed by atoms with Crippen LogP contribution in [0.2, 0.25) is 0 Å². The van der Waals surface area contributed by atoms with Gasteiger partial charge in [0.1, 0.15) is 0 Å². The number of nitrogens with zero attached hydrogens (tertiary/aromatic N) is 2. The molecule has 5 heteroatoms. The number of nitrogen functional groups attached to an aromatic ring is 1. The highest BCUT2D eigenvalue weighted by molar-refractivity contribution is 5.92. The third kappa shape index (κ3) is 2.43. The van der Waals surface area contributed by atoms with Crippen LogP contribution in [0.5, 0.6) is 0 Å². The predicted octanol–water partition coefficient (Wildman–Crippen LogP) is 2.00. The lowest BCUT2D eigenvalue weighted by Gasteiger charge is -2.26. The molecule has 0 saturated heterocycles. The molecule has 1 heterocycles. The topological polar surface area (TPSA) is 70.1 Å². The summed E-state index contributed by atoms with van der Waals surface area (Å²) >= 11 is 0. The second-order valence-corrected chi connectivity index (χ2v) is 4.82. The summed E-state index contributed by atoms with van der Waals surface area (Å²) in [6.45, 7) is 2.27. The van der Waals surface area contributed by atoms with Crippen LogP contribution < -0.4 is 5.73 Å². The van der Waals surface area contributed by atoms with Crippen molar-refractivity contribution in [2.75, 3.05) is 12.8 Å². The maximum absolute atomic E-state index is 11.4. The second-order valence-electron chi connectivity index (χ2n) is 4.82. The molecule has 17 heavy (non-hydrogen) atoms. The molecule has 1 aromatic rings. The van der Waals surface area contributed by atoms with Crippen molar-refractivity contribution in [1.29, 1.82) is 0 Å². The lowest BCUT2D eigenvalue weighted by Crippen LogP contribution is -2.17. The molecular weight excluding hydrogens is 218 g/mol. The predicted molar refractivity (Wildman–Crippen MR) is 64.6 cm³/mol. The quantitative estimate of drug-likeness (QED) is 0.799. The van der Waals surface area contributed by atoms with Crippen LogP contribution in [-0.4, -0.2) is 22.9 Å². The van der Waals surface area contributed by atoms with Gasteiger partial charge in [0.25, 0.3) is 0 Å². The molecule has 0 spiro atoms. The molecule has 1 aliphatic rings. The number of aromatic nitrogens is 2. The molecule has 0 atom stereocenters. The Labute approximate surface area is 101 Å². The number of nitrogens with two attached hydrogens (primary N) is 1. The molecule has 0 amide bonds. The standard InChI is InChI=1S/C12H19N3O2/c1-8-3-5-9(6-4-8)15-7-10(13)11(14-15)12(16)17-2/h7-9H,3-6,13H2,1-2H3. The number of ether oxygens (including phenoxy) is 1. The van der Waals surface area contributed by atoms with Crippen molar-refractivity contribution in [3.05, 3.63) is 11.9 Å². The van der Waals surface area contributed by atoms with Crippen LogP contribution in [0.15, 0.2) is 6.20 Å². The van der Waals surface area contributed by atoms with Gasteiger partial charge in [-0.05, 0) is 31.6 Å². The van der Waals surface area contributed by atoms with Crippen molar-refractivity contribution in [3.63, 3.8) is 0 Å². The van der Waals surface area contributed by atoms with Gasteiger partial charge in [-0.25, -0.2) is 4.79 Å². The lowest BCUT2D eigenvalue weighted by molar-refractivity contribution is 0.0593. The van der Waals surface area contributed by atoms with Gasteiger partial charge in [-0.2, -0.15) is 5.10 Å². The number of hydrogen-bond acceptors (Lipinski definition) is 4. The molecule has 0 unspecified atom stereocenters. The third-order valence-electron chi connectivity index (χ3n) is 3.50. The van der Waals surface area contributed by atoms with Crippen LogP contribution in [0, 0.1) is 5.92 Å². The molecule has 1 fully saturated rings. The third-order valence-corrected chi connectivity index (χ3v) is 3.50. The van der Waals surface area contributed by atoms with Crippen LogP contribution >= 0.6 is 0 Å². The maximum atomic E-state index is 11.4. The van der Waals surface area contributed by atoms with E-state index in [2.05, 4.69) is 16.8 Å². The van der Waals surface area contributed by atoms with Gasteiger partial charge in [0.05, 0.1) is 18.8 Å². The van der Waals surface area contributed by atoms with Gasteiger partial charge < -0.3 is 10.5 Å². The average Bonchev–Trinajstić information content (AvgIpc) is 2.71. The van der Waals surface area contributed by atoms with Crippen molar-refractivity contribution in [1.82, 2.24) is 9.78 Å². The van der Waals surface area contributed by atoms with E-state index in [9.17, 15) is 4.79 Å². The summed E-state index contributed by atoms with van der Waals surface area (Å²) in [4.78, 5) is 11.4. The summed E-state index contributed by atoms with van der Waals surface area (Å²) in [7, 11) is 1.34. The minimum absolute atomic E-state index is 0.228. The van der Waals surface area contributed by atoms with Gasteiger partial charge in [0, 0.05) is 6.20 Å². The first kappa shape index (κ1) is 12.0. The number of carbonyl (C=O) groups is 1. The zero-order valence-electron chi connectivity index (χ0n) is 10.3. The zero-order valence-corrected chi connectivity index (χ0v) is 10.3. The van der Waals surface area contributed by atoms with Crippen molar-refractivity contribution in [3.8, 4) is 0 Å². The monoisotopic (exact) mass is 237 g/mol. The Kier molecular flexibility index (Phi) is 3.36. The highest BCUT2D eigenvalue weighted by atomic mass is 16.5. The van der Waals surface area contributed by atoms with Crippen LogP contribution in [0.3, 0.4) is 0 Å². The Balaban J connectivity index is 2.14. The fourth-order valence-electron chi connectivity index (χ4n) is 2.36. The van der Waals surface area contributed by atoms with Gasteiger partial charge >= 0.3 is 5.97 Å². The molecule has 1 aromatic heterocycles. The molecular formula is C12H19N3O2. The van der Waals surface area contributed by atoms with E-state index in [1.54, 1.807) is 6.20 Å². The molecule has 0 aliphatic heterocycles. The zero-order chi connectivity index (χ0) is 12.4. The Hall–Kier alpha value is -1.52. The second kappa shape index (κ2) is 4.77. The molecule has 1 saturated carbocycles. The summed E-state index contributed by atoms with van der Waals surface area (Å²) in [6.07, 6.45) is 6.36. The van der Waals surface area contributed by atoms with Crippen LogP contribution in [-0.2, 0) is 4.74 Å². The van der Waals surface area contributed by atoms with Gasteiger partial charge in [-0.3, -0.25) is 4.68 Å². The van der Waals surface area contributed by atoms with Crippen LogP contribution in [0.25, 0.3) is 0 Å². The van der Waals surface area contributed by atoms with Crippen LogP contribution in [0.4, 0.5) is 5.69 Å². The first-order valence-corrected chi connectivity index (χ1v) is 6.04. The lowest BCUT2D eigenvalue weighted by atomic mass is 9.87. The molecule has 0 radical (unpaired) electrons. The number of rotatable bonds is 2. The summed E-state index contributed by atoms with van der Waals surface area (Å²) in [5, 5.41) is 4.25. The molecule has 0 bridgehead atoms. The smallest absolute Gasteiger partial charge is 0.360 e. The highest BCUT2D eigenvalue weighted by Crippen LogP contribution is 2.32. The van der Waals surface area contributed by atoms with E-state index < -0.39 is 5.97 Å². The number of methoxy groups -OCH3 is 1. The first-order valence-electron chi connectivity index (χ1n) is 6.04. The molecule has 2 N–H and O–H groups in total. The fourth-order valence-corrected chi connectivity index (χ4v) is 2.36. The van der Waals surface area contributed by atoms with E-state index in [1.165, 1.54) is 20.0 Å². The summed E-state index contributed by atoms with van der Waals surface area (Å²) < 4.78 is 6.47. The van der Waals surface area contributed by atoms with E-state index in [0.29, 0.717) is 11.7 Å². The van der Waals surface area contributed by atoms with E-state index in [-0.39, 0.29) is 5.69 Å². The van der Waals surface area contributed by atoms with Crippen molar-refractivity contribution in [2.45, 2.75) is 38.6 Å². The van der Waals surface area contributed by atoms with Gasteiger partial charge in [0.15, 0.2) is 5.69 Å². The minimum Gasteiger partial charge on any atom is -0.464 e. The summed E-state index contributed by atoms with van der Waals surface area (Å²) in [6, 6.07) is 0.368. The van der Waals surface area contributed by atoms with Crippen molar-refractivity contribution < 1.29 is 9.53 Å². The Morgan fingerprint density at radius 1 is 1.47 bits per heavy atom. The first-order chi connectivity index (χ1) is 8.11. The van der Waals surface area contributed by atoms with E-state index in [4.69, 9.17) is 5.73 Å². The van der Waals surface area contributed by atoms with Crippen molar-refractivity contribution >= 4 is 11.7 Å². The van der Waals surface area contributed by atoms with E-state index in [1.807, 2.05) is 4.68 Å². The summed E-state index contributed by atoms with van der Waals surface area (Å²) in [5.41, 5.74) is 6.39. The van der Waals surface area contributed by atoms with E-state index >= 15 is 0 Å². The Morgan fingerprint density at radius 2 is 2.12 bits per heavy atom. The highest BCUT2D eigenvalue weighted by Gasteiger charge is 2.23. The Morgan fingerprint density at radius 3 is 2.71 bits per heavy atom. The molecule has 1 aliphatic carbocycles. The van der Waals surface area contributed by atoms with Gasteiger partial charge in [-0.1, -0.05) is 6.92 Å². The maximum Gasteiger partial charge on any atom is 0.360 e. The number of hydrogen-bond donors (Lipinski definition) is 1.